The molecule has 1 saturated heterocycles. The van der Waals surface area contributed by atoms with Crippen LogP contribution in [0.3, 0.4) is 0 Å². The number of Topliss-reactive ketones (excluding diaryl/α,β-unsaturated/α-hetero) is 1. The Bertz CT molecular complexity index is 4080. The van der Waals surface area contributed by atoms with E-state index in [0.29, 0.717) is 145 Å². The molecule has 1 aromatic rings. The van der Waals surface area contributed by atoms with Crippen molar-refractivity contribution >= 4 is 101 Å². The number of methoxy groups -OCH3 is 3. The lowest BCUT2D eigenvalue weighted by molar-refractivity contribution is -0.148. The summed E-state index contributed by atoms with van der Waals surface area (Å²) in [5.41, 5.74) is 0.477. The molecule has 49 heteroatoms. The van der Waals surface area contributed by atoms with Gasteiger partial charge in [0.1, 0.15) is 30.8 Å². The molecule has 1 aromatic carbocycles. The first-order valence-corrected chi connectivity index (χ1v) is 51.7. The average molecular weight is 2140 g/mol. The van der Waals surface area contributed by atoms with Gasteiger partial charge in [-0.1, -0.05) is 106 Å². The summed E-state index contributed by atoms with van der Waals surface area (Å²) in [5.74, 6) is -13.3. The van der Waals surface area contributed by atoms with Crippen molar-refractivity contribution in [3.63, 3.8) is 0 Å². The largest absolute Gasteiger partial charge is 0.480 e. The number of nitrogens with zero attached hydrogens (tertiary/aromatic N) is 3. The quantitative estimate of drug-likeness (QED) is 0.0283. The molecule has 1 fully saturated rings. The Morgan fingerprint density at radius 1 is 0.460 bits per heavy atom. The molecule has 14 amide bonds. The summed E-state index contributed by atoms with van der Waals surface area (Å²) in [4.78, 5) is 229. The maximum absolute atomic E-state index is 14.6. The van der Waals surface area contributed by atoms with E-state index in [1.54, 1.807) is 61.2 Å². The van der Waals surface area contributed by atoms with E-state index in [9.17, 15) is 86.6 Å². The van der Waals surface area contributed by atoms with E-state index in [1.807, 2.05) is 81.3 Å². The van der Waals surface area contributed by atoms with Crippen molar-refractivity contribution in [3.8, 4) is 0 Å². The number of benzene rings is 1. The van der Waals surface area contributed by atoms with Crippen molar-refractivity contribution < 1.29 is 162 Å². The fourth-order valence-corrected chi connectivity index (χ4v) is 15.4. The van der Waals surface area contributed by atoms with Crippen LogP contribution in [0, 0.1) is 35.0 Å². The first kappa shape index (κ1) is 136. The van der Waals surface area contributed by atoms with Crippen LogP contribution in [0.5, 0.6) is 0 Å². The predicted octanol–water partition coefficient (Wildman–Crippen LogP) is -0.691. The third kappa shape index (κ3) is 62.6. The molecule has 0 aromatic heterocycles. The number of esters is 1. The summed E-state index contributed by atoms with van der Waals surface area (Å²) >= 11 is 0. The Morgan fingerprint density at radius 3 is 1.41 bits per heavy atom. The molecule has 2 rings (SSSR count). The van der Waals surface area contributed by atoms with Gasteiger partial charge in [0.2, 0.25) is 76.8 Å². The van der Waals surface area contributed by atoms with Gasteiger partial charge in [0.05, 0.1) is 233 Å². The van der Waals surface area contributed by atoms with E-state index in [2.05, 4.69) is 63.8 Å². The molecule has 0 radical (unpaired) electrons. The van der Waals surface area contributed by atoms with Gasteiger partial charge in [0.25, 0.3) is 0 Å². The monoisotopic (exact) mass is 2140 g/mol. The van der Waals surface area contributed by atoms with Crippen molar-refractivity contribution in [1.29, 1.82) is 0 Å². The molecule has 13 N–H and O–H groups in total. The van der Waals surface area contributed by atoms with Gasteiger partial charge in [-0.15, -0.1) is 0 Å². The molecule has 858 valence electrons. The molecular formula is C101H175N15O34. The summed E-state index contributed by atoms with van der Waals surface area (Å²) in [6.45, 7) is 25.4. The molecular weight excluding hydrogens is 1970 g/mol. The van der Waals surface area contributed by atoms with E-state index in [4.69, 9.17) is 75.8 Å². The number of ketones is 1. The summed E-state index contributed by atoms with van der Waals surface area (Å²) in [7, 11) is 9.88. The standard InChI is InChI=1S/C101H175N15O34/c1-18-71(6)91(115(14)97(130)89(69(2)3)113-96(129)90(70(4)5)114(12)13)80(136-16)62-88(125)116-35-22-26-79(116)92(137-17)72(7)93(126)112-78(60-74-24-20-19-21-25-74)95(128)103-31-23-36-149-99(133)73(8)110-82(119)28-27-77(98(131)132)111-83(120)30-33-105-100(134)150-68-75(61-76(117)64-106-85(122)66-108-87(124)67-109-86(123)65-107-81(118)29-32-102-84(121)63-101(9,10)11)94(127)104-34-37-138-40-41-140-44-45-142-48-49-144-52-53-146-56-57-148-59-58-147-55-54-145-51-50-143-47-46-141-43-42-139-39-38-135-15/h19-21,24-25,69-73,75,77-80,89-92H,18,22-23,26-68H2,1-17H3,(H,102,121)(H,103,128)(H,104,127)(H,105,134)(H,106,122)(H,107,118)(H,108,124)(H,109,123)(H,110,119)(H,111,120)(H,112,126)(H,113,129)(H,131,132)/t71-,72+,73?,75?,77?,78-,79-,80+,89?,90-,91-,92+/m0/s1. The van der Waals surface area contributed by atoms with E-state index < -0.39 is 208 Å². The highest BCUT2D eigenvalue weighted by molar-refractivity contribution is 5.94. The van der Waals surface area contributed by atoms with E-state index in [1.165, 1.54) is 21.1 Å². The first-order valence-electron chi connectivity index (χ1n) is 51.7. The van der Waals surface area contributed by atoms with Gasteiger partial charge in [-0.3, -0.25) is 72.0 Å². The highest BCUT2D eigenvalue weighted by atomic mass is 16.6. The van der Waals surface area contributed by atoms with Crippen molar-refractivity contribution in [3.05, 3.63) is 35.9 Å². The SMILES string of the molecule is CC[C@H](C)[C@@H]([C@@H](CC(=O)N1CCC[C@H]1[C@H](OC)[C@@H](C)C(=O)N[C@@H](Cc1ccccc1)C(=O)NCCCOC(=O)C(C)NC(=O)CCC(NC(=O)CCNC(=O)OCC(CC(=O)CNC(=O)CNC(=O)CNC(=O)CNC(=O)CCNC(=O)CC(C)(C)C)C(=O)NCCOCCOCCOCCOCCOCCOCCOCCOCCOCCOCCOCCOC)C(=O)O)OC)N(C)C(=O)C(NC(=O)[C@H](C(C)C)N(C)C)C(C)C. The predicted molar refractivity (Wildman–Crippen MR) is 547 cm³/mol. The van der Waals surface area contributed by atoms with Crippen LogP contribution in [0.25, 0.3) is 0 Å². The van der Waals surface area contributed by atoms with Crippen molar-refractivity contribution in [1.82, 2.24) is 78.5 Å². The molecule has 1 aliphatic rings. The van der Waals surface area contributed by atoms with Crippen molar-refractivity contribution in [2.45, 2.75) is 208 Å². The number of likely N-dealkylation sites (tertiary alicyclic amines) is 1. The van der Waals surface area contributed by atoms with Gasteiger partial charge < -0.3 is 154 Å². The minimum atomic E-state index is -1.62. The van der Waals surface area contributed by atoms with Crippen LogP contribution in [0.2, 0.25) is 0 Å². The van der Waals surface area contributed by atoms with Crippen LogP contribution in [0.4, 0.5) is 4.79 Å². The fraction of sp³-hybridized carbons (Fsp3) is 0.772. The number of hydrogen-bond donors (Lipinski definition) is 13. The molecule has 1 aliphatic heterocycles. The highest BCUT2D eigenvalue weighted by Gasteiger charge is 2.44. The van der Waals surface area contributed by atoms with Gasteiger partial charge in [-0.25, -0.2) is 14.4 Å². The Morgan fingerprint density at radius 2 is 0.940 bits per heavy atom. The van der Waals surface area contributed by atoms with E-state index in [-0.39, 0.29) is 138 Å². The lowest BCUT2D eigenvalue weighted by Gasteiger charge is -2.41. The van der Waals surface area contributed by atoms with Gasteiger partial charge in [0, 0.05) is 99.6 Å². The van der Waals surface area contributed by atoms with Crippen LogP contribution >= 0.6 is 0 Å². The number of hydrogen-bond acceptors (Lipinski definition) is 34. The van der Waals surface area contributed by atoms with Crippen LogP contribution in [-0.2, 0) is 159 Å². The smallest absolute Gasteiger partial charge is 0.407 e. The zero-order valence-electron chi connectivity index (χ0n) is 91.3. The van der Waals surface area contributed by atoms with Crippen LogP contribution in [0.15, 0.2) is 30.3 Å². The van der Waals surface area contributed by atoms with Crippen LogP contribution in [-0.4, -0.2) is 441 Å². The maximum atomic E-state index is 14.6. The number of aliphatic carboxylic acids is 1. The Labute approximate surface area is 882 Å². The second-order valence-corrected chi connectivity index (χ2v) is 38.0. The minimum Gasteiger partial charge on any atom is -0.480 e. The fourth-order valence-electron chi connectivity index (χ4n) is 15.4. The summed E-state index contributed by atoms with van der Waals surface area (Å²) < 4.78 is 88.1. The van der Waals surface area contributed by atoms with E-state index in [0.717, 1.165) is 5.56 Å². The highest BCUT2D eigenvalue weighted by Crippen LogP contribution is 2.31. The molecule has 12 atom stereocenters. The minimum absolute atomic E-state index is 0.0174. The van der Waals surface area contributed by atoms with Crippen molar-refractivity contribution in [2.75, 3.05) is 267 Å². The molecule has 150 heavy (non-hydrogen) atoms. The number of carbonyl (C=O) groups is 17. The molecule has 0 bridgehead atoms. The molecule has 49 nitrogen and oxygen atoms in total. The van der Waals surface area contributed by atoms with Gasteiger partial charge in [-0.2, -0.15) is 0 Å². The zero-order chi connectivity index (χ0) is 112. The third-order valence-corrected chi connectivity index (χ3v) is 23.5. The maximum Gasteiger partial charge on any atom is 0.407 e. The summed E-state index contributed by atoms with van der Waals surface area (Å²) in [6, 6.07) is 2.54. The number of ether oxygens (including phenoxy) is 16. The Balaban J connectivity index is 1.91. The molecule has 4 unspecified atom stereocenters. The lowest BCUT2D eigenvalue weighted by Crippen LogP contribution is -2.59. The number of carboxylic acid groups (broad SMARTS) is 1. The van der Waals surface area contributed by atoms with Crippen molar-refractivity contribution in [2.24, 2.45) is 35.0 Å². The number of carbonyl (C=O) groups excluding carboxylic acids is 16. The number of rotatable bonds is 88. The number of likely N-dealkylation sites (N-methyl/N-ethyl adjacent to an activating group) is 2. The van der Waals surface area contributed by atoms with Gasteiger partial charge >= 0.3 is 18.0 Å². The topological polar surface area (TPSA) is 612 Å². The van der Waals surface area contributed by atoms with Gasteiger partial charge in [-0.05, 0) is 75.4 Å². The molecule has 0 spiro atoms. The number of amides is 14. The Kier molecular flexibility index (Phi) is 73.6. The second-order valence-electron chi connectivity index (χ2n) is 38.0. The zero-order valence-corrected chi connectivity index (χ0v) is 91.3. The molecule has 0 saturated carbocycles. The molecule has 1 heterocycles. The number of carboxylic acids is 1. The number of alkyl carbamates (subject to hydrolysis) is 1. The summed E-state index contributed by atoms with van der Waals surface area (Å²) in [5, 5.41) is 40.2. The normalized spacial score (nSPS) is 14.7. The molecule has 0 aliphatic carbocycles. The van der Waals surface area contributed by atoms with Gasteiger partial charge in [0.15, 0.2) is 5.78 Å². The lowest BCUT2D eigenvalue weighted by atomic mass is 9.89. The second kappa shape index (κ2) is 81.4. The van der Waals surface area contributed by atoms with Crippen LogP contribution in [0.1, 0.15) is 152 Å². The summed E-state index contributed by atoms with van der Waals surface area (Å²) in [6.07, 6.45) is -2.82. The Hall–Kier alpha value is -10.4. The average Bonchev–Trinajstić information content (AvgIpc) is 1.24. The van der Waals surface area contributed by atoms with Crippen LogP contribution < -0.4 is 63.8 Å². The number of nitrogens with one attached hydrogen (secondary N) is 12. The first-order chi connectivity index (χ1) is 71.6. The van der Waals surface area contributed by atoms with E-state index >= 15 is 0 Å². The third-order valence-electron chi connectivity index (χ3n) is 23.5.